The van der Waals surface area contributed by atoms with Crippen LogP contribution in [0.1, 0.15) is 16.8 Å². The molecule has 1 aromatic heterocycles. The Balaban J connectivity index is 1.62. The van der Waals surface area contributed by atoms with Crippen LogP contribution in [0.25, 0.3) is 10.8 Å². The summed E-state index contributed by atoms with van der Waals surface area (Å²) in [5, 5.41) is 7.93. The van der Waals surface area contributed by atoms with E-state index in [1.807, 2.05) is 48.5 Å². The van der Waals surface area contributed by atoms with Crippen LogP contribution in [-0.4, -0.2) is 35.3 Å². The van der Waals surface area contributed by atoms with Crippen molar-refractivity contribution in [1.29, 1.82) is 0 Å². The summed E-state index contributed by atoms with van der Waals surface area (Å²) in [6.45, 7) is 1.33. The second-order valence-electron chi connectivity index (χ2n) is 8.22. The highest BCUT2D eigenvalue weighted by Crippen LogP contribution is 2.34. The quantitative estimate of drug-likeness (QED) is 0.491. The normalized spacial score (nSPS) is 17.3. The fourth-order valence-electron chi connectivity index (χ4n) is 4.51. The van der Waals surface area contributed by atoms with Crippen molar-refractivity contribution in [2.75, 3.05) is 11.4 Å². The van der Waals surface area contributed by atoms with Crippen molar-refractivity contribution in [2.24, 2.45) is 5.14 Å². The maximum atomic E-state index is 12.7. The summed E-state index contributed by atoms with van der Waals surface area (Å²) >= 11 is 0. The monoisotopic (exact) mass is 447 g/mol. The molecule has 0 bridgehead atoms. The molecule has 0 spiro atoms. The average Bonchev–Trinajstić information content (AvgIpc) is 3.24. The van der Waals surface area contributed by atoms with Gasteiger partial charge in [-0.3, -0.25) is 0 Å². The largest absolute Gasteiger partial charge is 0.364 e. The van der Waals surface area contributed by atoms with E-state index in [1.165, 1.54) is 4.31 Å². The van der Waals surface area contributed by atoms with Crippen molar-refractivity contribution in [3.63, 3.8) is 0 Å². The maximum absolute atomic E-state index is 12.7. The van der Waals surface area contributed by atoms with Gasteiger partial charge in [0.1, 0.15) is 0 Å². The zero-order valence-electron chi connectivity index (χ0n) is 17.6. The molecule has 0 amide bonds. The summed E-state index contributed by atoms with van der Waals surface area (Å²) in [7, 11) is -3.91. The van der Waals surface area contributed by atoms with Gasteiger partial charge in [0.05, 0.1) is 18.6 Å². The zero-order chi connectivity index (χ0) is 22.1. The highest BCUT2D eigenvalue weighted by atomic mass is 32.2. The molecule has 3 N–H and O–H groups in total. The lowest BCUT2D eigenvalue weighted by Gasteiger charge is -2.31. The number of aromatic amines is 1. The molecule has 8 heteroatoms. The average molecular weight is 448 g/mol. The van der Waals surface area contributed by atoms with Gasteiger partial charge in [0.15, 0.2) is 0 Å². The topological polar surface area (TPSA) is 95.3 Å². The van der Waals surface area contributed by atoms with E-state index in [9.17, 15) is 8.42 Å². The lowest BCUT2D eigenvalue weighted by molar-refractivity contribution is 0.318. The number of hydrogen-bond donors (Lipinski definition) is 2. The molecule has 1 atom stereocenters. The number of nitrogens with zero attached hydrogens (tertiary/aromatic N) is 3. The van der Waals surface area contributed by atoms with E-state index in [-0.39, 0.29) is 12.6 Å². The lowest BCUT2D eigenvalue weighted by Crippen LogP contribution is -2.48. The van der Waals surface area contributed by atoms with Gasteiger partial charge in [0.25, 0.3) is 10.2 Å². The van der Waals surface area contributed by atoms with Gasteiger partial charge < -0.3 is 9.88 Å². The van der Waals surface area contributed by atoms with Gasteiger partial charge in [0, 0.05) is 31.0 Å². The Labute approximate surface area is 187 Å². The summed E-state index contributed by atoms with van der Waals surface area (Å²) < 4.78 is 26.9. The number of anilines is 1. The molecule has 1 aliphatic heterocycles. The molecule has 2 heterocycles. The smallest absolute Gasteiger partial charge is 0.277 e. The van der Waals surface area contributed by atoms with E-state index in [4.69, 9.17) is 5.14 Å². The van der Waals surface area contributed by atoms with Crippen molar-refractivity contribution < 1.29 is 8.42 Å². The van der Waals surface area contributed by atoms with Gasteiger partial charge in [0.2, 0.25) is 0 Å². The fourth-order valence-corrected chi connectivity index (χ4v) is 5.39. The van der Waals surface area contributed by atoms with E-state index in [0.717, 1.165) is 33.3 Å². The molecular formula is C24H25N5O2S. The van der Waals surface area contributed by atoms with Gasteiger partial charge in [-0.05, 0) is 40.5 Å². The Morgan fingerprint density at radius 3 is 2.44 bits per heavy atom. The highest BCUT2D eigenvalue weighted by Gasteiger charge is 2.34. The first-order chi connectivity index (χ1) is 15.5. The first-order valence-electron chi connectivity index (χ1n) is 10.5. The Kier molecular flexibility index (Phi) is 5.42. The van der Waals surface area contributed by atoms with Crippen LogP contribution in [0.5, 0.6) is 0 Å². The van der Waals surface area contributed by atoms with E-state index < -0.39 is 10.2 Å². The molecule has 5 rings (SSSR count). The summed E-state index contributed by atoms with van der Waals surface area (Å²) in [6, 6.07) is 22.0. The summed E-state index contributed by atoms with van der Waals surface area (Å²) in [4.78, 5) is 9.55. The predicted octanol–water partition coefficient (Wildman–Crippen LogP) is 3.20. The van der Waals surface area contributed by atoms with Gasteiger partial charge >= 0.3 is 0 Å². The van der Waals surface area contributed by atoms with Crippen molar-refractivity contribution in [2.45, 2.75) is 25.6 Å². The Morgan fingerprint density at radius 2 is 1.75 bits per heavy atom. The van der Waals surface area contributed by atoms with Crippen LogP contribution in [-0.2, 0) is 29.7 Å². The van der Waals surface area contributed by atoms with Gasteiger partial charge in [-0.1, -0.05) is 54.6 Å². The van der Waals surface area contributed by atoms with Gasteiger partial charge in [-0.25, -0.2) is 10.1 Å². The SMILES string of the molecule is NS(=O)(=O)N1Cc2cc3ccccc3cc2N(Cc2cnc[nH]2)CC1Cc1ccccc1. The number of hydrogen-bond acceptors (Lipinski definition) is 4. The van der Waals surface area contributed by atoms with Gasteiger partial charge in [-0.15, -0.1) is 0 Å². The number of imidazole rings is 1. The fraction of sp³-hybridized carbons (Fsp3) is 0.208. The number of aromatic nitrogens is 2. The van der Waals surface area contributed by atoms with Crippen molar-refractivity contribution in [3.05, 3.63) is 96.1 Å². The van der Waals surface area contributed by atoms with Crippen molar-refractivity contribution in [3.8, 4) is 0 Å². The molecule has 0 saturated heterocycles. The number of nitrogens with one attached hydrogen (secondary N) is 1. The molecule has 164 valence electrons. The second kappa shape index (κ2) is 8.38. The number of nitrogens with two attached hydrogens (primary N) is 1. The molecule has 0 fully saturated rings. The summed E-state index contributed by atoms with van der Waals surface area (Å²) in [5.74, 6) is 0. The Morgan fingerprint density at radius 1 is 1.03 bits per heavy atom. The third kappa shape index (κ3) is 4.25. The van der Waals surface area contributed by atoms with Crippen LogP contribution in [0.3, 0.4) is 0 Å². The van der Waals surface area contributed by atoms with Crippen LogP contribution in [0.2, 0.25) is 0 Å². The number of H-pyrrole nitrogens is 1. The number of benzene rings is 3. The number of fused-ring (bicyclic) bond motifs is 2. The van der Waals surface area contributed by atoms with Gasteiger partial charge in [-0.2, -0.15) is 12.7 Å². The minimum absolute atomic E-state index is 0.232. The molecule has 0 radical (unpaired) electrons. The van der Waals surface area contributed by atoms with Crippen molar-refractivity contribution >= 4 is 26.7 Å². The minimum atomic E-state index is -3.91. The first-order valence-corrected chi connectivity index (χ1v) is 12.0. The van der Waals surface area contributed by atoms with Crippen molar-refractivity contribution in [1.82, 2.24) is 14.3 Å². The molecular weight excluding hydrogens is 422 g/mol. The molecule has 0 aliphatic carbocycles. The van der Waals surface area contributed by atoms with E-state index in [1.54, 1.807) is 12.5 Å². The van der Waals surface area contributed by atoms with Crippen LogP contribution in [0, 0.1) is 0 Å². The van der Waals surface area contributed by atoms with E-state index >= 15 is 0 Å². The van der Waals surface area contributed by atoms with E-state index in [2.05, 4.69) is 33.1 Å². The van der Waals surface area contributed by atoms with Crippen LogP contribution < -0.4 is 10.0 Å². The summed E-state index contributed by atoms with van der Waals surface area (Å²) in [5.41, 5.74) is 3.99. The Bertz CT molecular complexity index is 1320. The van der Waals surface area contributed by atoms with E-state index in [0.29, 0.717) is 19.5 Å². The molecule has 0 saturated carbocycles. The van der Waals surface area contributed by atoms with Crippen LogP contribution in [0.4, 0.5) is 5.69 Å². The highest BCUT2D eigenvalue weighted by molar-refractivity contribution is 7.86. The first kappa shape index (κ1) is 20.7. The standard InChI is InChI=1S/C24H25N5O2S/c25-32(30,31)29-14-21-11-19-8-4-5-9-20(19)12-24(21)28(15-22-13-26-17-27-22)16-23(29)10-18-6-2-1-3-7-18/h1-9,11-13,17,23H,10,14-16H2,(H,26,27)(H2,25,30,31). The minimum Gasteiger partial charge on any atom is -0.364 e. The zero-order valence-corrected chi connectivity index (χ0v) is 18.4. The molecule has 1 unspecified atom stereocenters. The predicted molar refractivity (Wildman–Crippen MR) is 126 cm³/mol. The lowest BCUT2D eigenvalue weighted by atomic mass is 10.0. The second-order valence-corrected chi connectivity index (χ2v) is 9.72. The molecule has 4 aromatic rings. The maximum Gasteiger partial charge on any atom is 0.277 e. The molecule has 1 aliphatic rings. The third-order valence-corrected chi connectivity index (χ3v) is 7.09. The molecule has 3 aromatic carbocycles. The Hall–Kier alpha value is -3.20. The van der Waals surface area contributed by atoms with Crippen LogP contribution >= 0.6 is 0 Å². The third-order valence-electron chi connectivity index (χ3n) is 6.01. The molecule has 32 heavy (non-hydrogen) atoms. The van der Waals surface area contributed by atoms with Crippen LogP contribution in [0.15, 0.2) is 79.3 Å². The summed E-state index contributed by atoms with van der Waals surface area (Å²) in [6.07, 6.45) is 4.03. The molecule has 7 nitrogen and oxygen atoms in total. The number of rotatable bonds is 5.